The largest absolute Gasteiger partial charge is 0.285 e. The Bertz CT molecular complexity index is 412. The average Bonchev–Trinajstić information content (AvgIpc) is 2.50. The van der Waals surface area contributed by atoms with Crippen LogP contribution in [0.1, 0.15) is 20.7 Å². The Labute approximate surface area is 89.4 Å². The van der Waals surface area contributed by atoms with E-state index in [-0.39, 0.29) is 11.1 Å². The molecule has 16 heavy (non-hydrogen) atoms. The molecule has 0 radical (unpaired) electrons. The van der Waals surface area contributed by atoms with E-state index in [0.717, 1.165) is 0 Å². The van der Waals surface area contributed by atoms with Crippen molar-refractivity contribution in [3.63, 3.8) is 0 Å². The minimum Gasteiger partial charge on any atom is -0.266 e. The zero-order valence-corrected chi connectivity index (χ0v) is 8.02. The number of nitrogens with zero attached hydrogens (tertiary/aromatic N) is 1. The van der Waals surface area contributed by atoms with E-state index in [4.69, 9.17) is 0 Å². The summed E-state index contributed by atoms with van der Waals surface area (Å²) >= 11 is 0. The number of halogens is 2. The Morgan fingerprint density at radius 3 is 2.06 bits per heavy atom. The molecule has 4 nitrogen and oxygen atoms in total. The Hall–Kier alpha value is -1.82. The van der Waals surface area contributed by atoms with Crippen LogP contribution in [0.4, 0.5) is 8.78 Å². The number of hydrogen-bond donors (Lipinski definition) is 0. The van der Waals surface area contributed by atoms with Crippen molar-refractivity contribution in [3.05, 3.63) is 35.4 Å². The summed E-state index contributed by atoms with van der Waals surface area (Å²) in [6.45, 7) is -0.981. The molecule has 1 heterocycles. The van der Waals surface area contributed by atoms with Crippen LogP contribution in [0.2, 0.25) is 0 Å². The van der Waals surface area contributed by atoms with Crippen LogP contribution in [0.3, 0.4) is 0 Å². The summed E-state index contributed by atoms with van der Waals surface area (Å²) in [7, 11) is 0. The van der Waals surface area contributed by atoms with Crippen molar-refractivity contribution in [1.29, 1.82) is 0 Å². The smallest absolute Gasteiger partial charge is 0.266 e. The molecule has 0 saturated carbocycles. The number of alkyl halides is 2. The standard InChI is InChI=1S/C10H7F2NO3/c11-8(12)5-16-13-9(14)6-3-1-2-4-7(6)10(13)15/h1-4,8H,5H2. The summed E-state index contributed by atoms with van der Waals surface area (Å²) in [5, 5.41) is 0.372. The minimum absolute atomic E-state index is 0.168. The van der Waals surface area contributed by atoms with Gasteiger partial charge in [-0.25, -0.2) is 8.78 Å². The van der Waals surface area contributed by atoms with E-state index in [0.29, 0.717) is 5.06 Å². The number of hydrogen-bond acceptors (Lipinski definition) is 3. The molecule has 0 spiro atoms. The Kier molecular flexibility index (Phi) is 2.66. The molecule has 84 valence electrons. The lowest BCUT2D eigenvalue weighted by molar-refractivity contribution is -0.122. The predicted octanol–water partition coefficient (Wildman–Crippen LogP) is 1.48. The predicted molar refractivity (Wildman–Crippen MR) is 48.9 cm³/mol. The van der Waals surface area contributed by atoms with Crippen molar-refractivity contribution >= 4 is 11.8 Å². The molecule has 1 aromatic rings. The quantitative estimate of drug-likeness (QED) is 0.735. The van der Waals surface area contributed by atoms with Gasteiger partial charge in [0, 0.05) is 0 Å². The van der Waals surface area contributed by atoms with E-state index in [1.807, 2.05) is 0 Å². The molecule has 0 bridgehead atoms. The highest BCUT2D eigenvalue weighted by atomic mass is 19.3. The molecule has 0 unspecified atom stereocenters. The molecule has 1 aliphatic heterocycles. The molecule has 1 aromatic carbocycles. The molecule has 2 rings (SSSR count). The van der Waals surface area contributed by atoms with Crippen LogP contribution in [0.5, 0.6) is 0 Å². The molecular weight excluding hydrogens is 220 g/mol. The van der Waals surface area contributed by atoms with Gasteiger partial charge in [0.05, 0.1) is 11.1 Å². The molecule has 1 aliphatic rings. The number of benzene rings is 1. The molecule has 0 aromatic heterocycles. The van der Waals surface area contributed by atoms with Crippen LogP contribution >= 0.6 is 0 Å². The summed E-state index contributed by atoms with van der Waals surface area (Å²) < 4.78 is 23.8. The molecular formula is C10H7F2NO3. The summed E-state index contributed by atoms with van der Waals surface area (Å²) in [6.07, 6.45) is -2.73. The third-order valence-corrected chi connectivity index (χ3v) is 2.09. The second kappa shape index (κ2) is 3.97. The zero-order chi connectivity index (χ0) is 11.7. The maximum absolute atomic E-state index is 11.9. The van der Waals surface area contributed by atoms with Gasteiger partial charge in [-0.2, -0.15) is 0 Å². The minimum atomic E-state index is -2.73. The van der Waals surface area contributed by atoms with Crippen LogP contribution in [-0.4, -0.2) is 29.9 Å². The van der Waals surface area contributed by atoms with Crippen LogP contribution in [0.15, 0.2) is 24.3 Å². The Balaban J connectivity index is 2.22. The first-order valence-electron chi connectivity index (χ1n) is 4.50. The van der Waals surface area contributed by atoms with Gasteiger partial charge in [-0.05, 0) is 12.1 Å². The highest BCUT2D eigenvalue weighted by molar-refractivity contribution is 6.20. The highest BCUT2D eigenvalue weighted by Gasteiger charge is 2.36. The van der Waals surface area contributed by atoms with Crippen LogP contribution in [0, 0.1) is 0 Å². The number of carbonyl (C=O) groups is 2. The fourth-order valence-electron chi connectivity index (χ4n) is 1.42. The van der Waals surface area contributed by atoms with Crippen LogP contribution in [-0.2, 0) is 4.84 Å². The summed E-state index contributed by atoms with van der Waals surface area (Å²) in [5.74, 6) is -1.41. The molecule has 6 heteroatoms. The van der Waals surface area contributed by atoms with Crippen molar-refractivity contribution in [2.75, 3.05) is 6.61 Å². The van der Waals surface area contributed by atoms with Crippen LogP contribution < -0.4 is 0 Å². The van der Waals surface area contributed by atoms with E-state index in [1.165, 1.54) is 12.1 Å². The molecule has 0 saturated heterocycles. The van der Waals surface area contributed by atoms with Crippen molar-refractivity contribution in [3.8, 4) is 0 Å². The highest BCUT2D eigenvalue weighted by Crippen LogP contribution is 2.22. The van der Waals surface area contributed by atoms with Gasteiger partial charge in [-0.3, -0.25) is 14.4 Å². The van der Waals surface area contributed by atoms with Crippen molar-refractivity contribution in [1.82, 2.24) is 5.06 Å². The lowest BCUT2D eigenvalue weighted by atomic mass is 10.1. The van der Waals surface area contributed by atoms with Crippen LogP contribution in [0.25, 0.3) is 0 Å². The number of rotatable bonds is 3. The van der Waals surface area contributed by atoms with Gasteiger partial charge in [0.25, 0.3) is 18.2 Å². The first kappa shape index (κ1) is 10.7. The molecule has 2 amide bonds. The van der Waals surface area contributed by atoms with Gasteiger partial charge in [-0.1, -0.05) is 12.1 Å². The van der Waals surface area contributed by atoms with Gasteiger partial charge in [0.2, 0.25) is 0 Å². The van der Waals surface area contributed by atoms with Gasteiger partial charge < -0.3 is 0 Å². The Morgan fingerprint density at radius 1 is 1.12 bits per heavy atom. The van der Waals surface area contributed by atoms with Crippen molar-refractivity contribution in [2.24, 2.45) is 0 Å². The normalized spacial score (nSPS) is 14.8. The second-order valence-corrected chi connectivity index (χ2v) is 3.14. The lowest BCUT2D eigenvalue weighted by Crippen LogP contribution is -2.31. The number of amides is 2. The van der Waals surface area contributed by atoms with E-state index >= 15 is 0 Å². The third-order valence-electron chi connectivity index (χ3n) is 2.09. The summed E-state index contributed by atoms with van der Waals surface area (Å²) in [6, 6.07) is 6.06. The number of hydroxylamine groups is 2. The van der Waals surface area contributed by atoms with Crippen molar-refractivity contribution in [2.45, 2.75) is 6.43 Å². The molecule has 0 aliphatic carbocycles. The molecule has 0 N–H and O–H groups in total. The van der Waals surface area contributed by atoms with Gasteiger partial charge in [0.1, 0.15) is 6.61 Å². The summed E-state index contributed by atoms with van der Waals surface area (Å²) in [4.78, 5) is 27.6. The maximum Gasteiger partial charge on any atom is 0.285 e. The topological polar surface area (TPSA) is 46.6 Å². The fourth-order valence-corrected chi connectivity index (χ4v) is 1.42. The van der Waals surface area contributed by atoms with Gasteiger partial charge in [-0.15, -0.1) is 5.06 Å². The van der Waals surface area contributed by atoms with E-state index in [9.17, 15) is 18.4 Å². The molecule has 0 fully saturated rings. The third kappa shape index (κ3) is 1.67. The lowest BCUT2D eigenvalue weighted by Gasteiger charge is -2.12. The van der Waals surface area contributed by atoms with Crippen molar-refractivity contribution < 1.29 is 23.2 Å². The monoisotopic (exact) mass is 227 g/mol. The first-order chi connectivity index (χ1) is 7.61. The van der Waals surface area contributed by atoms with E-state index < -0.39 is 24.8 Å². The maximum atomic E-state index is 11.9. The summed E-state index contributed by atoms with van der Waals surface area (Å²) in [5.41, 5.74) is 0.337. The number of imide groups is 1. The van der Waals surface area contributed by atoms with E-state index in [2.05, 4.69) is 4.84 Å². The average molecular weight is 227 g/mol. The number of fused-ring (bicyclic) bond motifs is 1. The first-order valence-corrected chi connectivity index (χ1v) is 4.50. The second-order valence-electron chi connectivity index (χ2n) is 3.14. The Morgan fingerprint density at radius 2 is 1.62 bits per heavy atom. The molecule has 0 atom stereocenters. The number of carbonyl (C=O) groups excluding carboxylic acids is 2. The van der Waals surface area contributed by atoms with E-state index in [1.54, 1.807) is 12.1 Å². The van der Waals surface area contributed by atoms with Gasteiger partial charge in [0.15, 0.2) is 0 Å². The zero-order valence-electron chi connectivity index (χ0n) is 8.02. The van der Waals surface area contributed by atoms with Gasteiger partial charge >= 0.3 is 0 Å². The SMILES string of the molecule is O=C1c2ccccc2C(=O)N1OCC(F)F. The fraction of sp³-hybridized carbons (Fsp3) is 0.200.